The van der Waals surface area contributed by atoms with Crippen molar-refractivity contribution < 1.29 is 39.7 Å². The third kappa shape index (κ3) is 7.28. The normalized spacial score (nSPS) is 18.2. The Bertz CT molecular complexity index is 3150. The Hall–Kier alpha value is -5.62. The van der Waals surface area contributed by atoms with Gasteiger partial charge in [-0.2, -0.15) is 4.58 Å². The molecule has 0 saturated carbocycles. The Labute approximate surface area is 365 Å². The standard InChI is InChI=1S/C51H51N2O4S.BF4/c1-7-9-30-52-39(35-20-22-37-47-43(56-50(37,3)4)28-26-41(52)45(35)47)24-18-32-16-17-33(49(32)58(54,55)34-14-12-11-13-15-34)19-25-40-36-21-23-38-48-44(57-51(38,5)6)29-27-42(46(36)48)53(40)31-10-8-2;2-1(3,4)5/h11-15,18-29H,7-10,16-17,30-31H2,1-6H3;/q+1;-1. The van der Waals surface area contributed by atoms with Gasteiger partial charge >= 0.3 is 7.25 Å². The molecule has 1 aliphatic carbocycles. The van der Waals surface area contributed by atoms with E-state index in [9.17, 15) is 25.7 Å². The lowest BCUT2D eigenvalue weighted by atomic mass is 9.91. The highest BCUT2D eigenvalue weighted by atomic mass is 32.2. The van der Waals surface area contributed by atoms with Crippen LogP contribution in [-0.2, 0) is 27.6 Å². The number of nitrogens with zero attached hydrogens (tertiary/aromatic N) is 2. The average molecular weight is 875 g/mol. The summed E-state index contributed by atoms with van der Waals surface area (Å²) in [7, 11) is -9.84. The number of halogens is 4. The van der Waals surface area contributed by atoms with Gasteiger partial charge in [0, 0.05) is 68.6 Å². The van der Waals surface area contributed by atoms with Gasteiger partial charge in [-0.3, -0.25) is 0 Å². The van der Waals surface area contributed by atoms with Crippen LogP contribution in [0.2, 0.25) is 0 Å². The molecule has 1 aromatic heterocycles. The highest BCUT2D eigenvalue weighted by molar-refractivity contribution is 7.95. The fourth-order valence-corrected chi connectivity index (χ4v) is 11.9. The average Bonchev–Trinajstić information content (AvgIpc) is 4.00. The molecule has 4 aliphatic rings. The van der Waals surface area contributed by atoms with Crippen molar-refractivity contribution in [2.45, 2.75) is 103 Å². The zero-order valence-electron chi connectivity index (χ0n) is 36.5. The largest absolute Gasteiger partial charge is 0.673 e. The topological polar surface area (TPSA) is 60.5 Å². The van der Waals surface area contributed by atoms with E-state index in [1.807, 2.05) is 18.2 Å². The summed E-state index contributed by atoms with van der Waals surface area (Å²) < 4.78 is 86.3. The molecule has 4 heterocycles. The van der Waals surface area contributed by atoms with Gasteiger partial charge in [-0.25, -0.2) is 8.42 Å². The molecule has 0 saturated heterocycles. The van der Waals surface area contributed by atoms with Crippen LogP contribution < -0.4 is 14.8 Å². The molecule has 0 N–H and O–H groups in total. The predicted octanol–water partition coefficient (Wildman–Crippen LogP) is 12.8. The summed E-state index contributed by atoms with van der Waals surface area (Å²) in [6.07, 6.45) is 14.0. The van der Waals surface area contributed by atoms with E-state index < -0.39 is 28.3 Å². The maximum Gasteiger partial charge on any atom is 0.673 e. The molecular formula is C51H51BF4N2O4S. The van der Waals surface area contributed by atoms with E-state index in [-0.39, 0.29) is 0 Å². The van der Waals surface area contributed by atoms with E-state index >= 15 is 0 Å². The van der Waals surface area contributed by atoms with Gasteiger partial charge in [0.15, 0.2) is 0 Å². The van der Waals surface area contributed by atoms with Crippen LogP contribution in [-0.4, -0.2) is 37.1 Å². The van der Waals surface area contributed by atoms with E-state index in [1.165, 1.54) is 54.8 Å². The molecular weight excluding hydrogens is 823 g/mol. The number of ether oxygens (including phenoxy) is 2. The first-order valence-electron chi connectivity index (χ1n) is 22.0. The van der Waals surface area contributed by atoms with Crippen LogP contribution in [0.4, 0.5) is 23.0 Å². The minimum atomic E-state index is -6.00. The number of rotatable bonds is 11. The molecule has 12 heteroatoms. The van der Waals surface area contributed by atoms with E-state index in [0.29, 0.717) is 22.6 Å². The van der Waals surface area contributed by atoms with Crippen LogP contribution in [0.1, 0.15) is 96.8 Å². The smallest absolute Gasteiger partial charge is 0.482 e. The van der Waals surface area contributed by atoms with Crippen LogP contribution in [0.25, 0.3) is 38.5 Å². The molecule has 0 spiro atoms. The van der Waals surface area contributed by atoms with Crippen molar-refractivity contribution in [3.8, 4) is 11.5 Å². The van der Waals surface area contributed by atoms with E-state index in [4.69, 9.17) is 9.47 Å². The Morgan fingerprint density at radius 3 is 2.03 bits per heavy atom. The molecule has 326 valence electrons. The molecule has 0 fully saturated rings. The Balaban J connectivity index is 0.000000956. The molecule has 5 aromatic carbocycles. The minimum Gasteiger partial charge on any atom is -0.482 e. The predicted molar refractivity (Wildman–Crippen MR) is 246 cm³/mol. The van der Waals surface area contributed by atoms with Crippen molar-refractivity contribution in [1.29, 1.82) is 0 Å². The van der Waals surface area contributed by atoms with Gasteiger partial charge in [0.25, 0.3) is 0 Å². The number of unbranched alkanes of at least 4 members (excludes halogenated alkanes) is 2. The van der Waals surface area contributed by atoms with Crippen molar-refractivity contribution in [3.05, 3.63) is 135 Å². The lowest BCUT2D eigenvalue weighted by Gasteiger charge is -2.19. The van der Waals surface area contributed by atoms with Crippen molar-refractivity contribution >= 4 is 67.0 Å². The lowest BCUT2D eigenvalue weighted by molar-refractivity contribution is -0.436. The molecule has 10 rings (SSSR count). The monoisotopic (exact) mass is 874 g/mol. The van der Waals surface area contributed by atoms with Gasteiger partial charge < -0.3 is 31.3 Å². The quantitative estimate of drug-likeness (QED) is 0.0739. The summed E-state index contributed by atoms with van der Waals surface area (Å²) in [5.41, 5.74) is 7.97. The summed E-state index contributed by atoms with van der Waals surface area (Å²) in [4.78, 5) is 0.738. The van der Waals surface area contributed by atoms with Gasteiger partial charge in [0.2, 0.25) is 21.2 Å². The molecule has 0 unspecified atom stereocenters. The fraction of sp³-hybridized carbons (Fsp3) is 0.314. The Morgan fingerprint density at radius 2 is 1.37 bits per heavy atom. The highest BCUT2D eigenvalue weighted by Gasteiger charge is 2.41. The van der Waals surface area contributed by atoms with Crippen LogP contribution in [0.3, 0.4) is 0 Å². The zero-order valence-corrected chi connectivity index (χ0v) is 37.3. The number of sulfone groups is 1. The highest BCUT2D eigenvalue weighted by Crippen LogP contribution is 2.51. The van der Waals surface area contributed by atoms with Crippen molar-refractivity contribution in [3.63, 3.8) is 0 Å². The molecule has 63 heavy (non-hydrogen) atoms. The van der Waals surface area contributed by atoms with Crippen LogP contribution in [0, 0.1) is 0 Å². The third-order valence-corrected chi connectivity index (χ3v) is 14.8. The summed E-state index contributed by atoms with van der Waals surface area (Å²) in [6, 6.07) is 26.5. The van der Waals surface area contributed by atoms with Gasteiger partial charge in [0.05, 0.1) is 20.8 Å². The van der Waals surface area contributed by atoms with Crippen molar-refractivity contribution in [1.82, 2.24) is 4.57 Å². The summed E-state index contributed by atoms with van der Waals surface area (Å²) >= 11 is 0. The van der Waals surface area contributed by atoms with Crippen molar-refractivity contribution in [2.24, 2.45) is 0 Å². The third-order valence-electron chi connectivity index (χ3n) is 12.9. The van der Waals surface area contributed by atoms with E-state index in [0.717, 1.165) is 72.5 Å². The van der Waals surface area contributed by atoms with Crippen molar-refractivity contribution in [2.75, 3.05) is 6.54 Å². The summed E-state index contributed by atoms with van der Waals surface area (Å²) in [5.74, 6) is 1.86. The number of hydrogen-bond acceptors (Lipinski definition) is 4. The molecule has 0 atom stereocenters. The number of benzene rings is 5. The Morgan fingerprint density at radius 1 is 0.730 bits per heavy atom. The molecule has 3 aliphatic heterocycles. The second-order valence-corrected chi connectivity index (χ2v) is 19.7. The van der Waals surface area contributed by atoms with Crippen LogP contribution >= 0.6 is 0 Å². The molecule has 0 amide bonds. The maximum atomic E-state index is 14.8. The van der Waals surface area contributed by atoms with Gasteiger partial charge in [-0.05, 0) is 101 Å². The molecule has 6 nitrogen and oxygen atoms in total. The lowest BCUT2D eigenvalue weighted by Crippen LogP contribution is -2.20. The summed E-state index contributed by atoms with van der Waals surface area (Å²) in [5, 5.41) is 7.11. The van der Waals surface area contributed by atoms with Crippen LogP contribution in [0.15, 0.2) is 118 Å². The first-order chi connectivity index (χ1) is 29.9. The number of allylic oxidation sites excluding steroid dienone is 5. The second-order valence-electron chi connectivity index (χ2n) is 17.9. The molecule has 0 bridgehead atoms. The fourth-order valence-electron chi connectivity index (χ4n) is 10.1. The first kappa shape index (κ1) is 42.7. The second kappa shape index (κ2) is 15.6. The van der Waals surface area contributed by atoms with Gasteiger partial charge in [-0.15, -0.1) is 0 Å². The summed E-state index contributed by atoms with van der Waals surface area (Å²) in [6.45, 7) is 14.7. The van der Waals surface area contributed by atoms with E-state index in [1.54, 1.807) is 12.1 Å². The maximum absolute atomic E-state index is 14.8. The SMILES string of the molecule is CCCCn1c(=CC=C2CCC(C=CC3=[N+](CCCC)c4ccc5c6c(ccc3c46)C(C)(C)O5)=C2S(=O)(=O)c2ccccc2)c2ccc3c4c(ccc1c42)OC3(C)C.F[B-](F)(F)F. The van der Waals surface area contributed by atoms with E-state index in [2.05, 4.69) is 124 Å². The number of aryl methyl sites for hydroxylation is 1. The zero-order chi connectivity index (χ0) is 44.6. The number of hydrogen-bond donors (Lipinski definition) is 0. The number of aromatic nitrogens is 1. The Kier molecular flexibility index (Phi) is 10.5. The first-order valence-corrected chi connectivity index (χ1v) is 23.4. The van der Waals surface area contributed by atoms with Gasteiger partial charge in [0.1, 0.15) is 29.2 Å². The van der Waals surface area contributed by atoms with Gasteiger partial charge in [-0.1, -0.05) is 75.2 Å². The molecule has 6 aromatic rings. The molecule has 0 radical (unpaired) electrons. The van der Waals surface area contributed by atoms with Crippen LogP contribution in [0.5, 0.6) is 11.5 Å². The minimum absolute atomic E-state index is 0.316.